The van der Waals surface area contributed by atoms with Crippen molar-refractivity contribution in [3.63, 3.8) is 0 Å². The molecule has 4 heteroatoms. The van der Waals surface area contributed by atoms with Crippen molar-refractivity contribution in [2.45, 2.75) is 174 Å². The molecule has 61 heavy (non-hydrogen) atoms. The quantitative estimate of drug-likeness (QED) is 0.0784. The van der Waals surface area contributed by atoms with Gasteiger partial charge in [0.05, 0.1) is 6.61 Å². The van der Waals surface area contributed by atoms with Crippen LogP contribution in [-0.4, -0.2) is 25.8 Å². The molecule has 7 rings (SSSR count). The Morgan fingerprint density at radius 2 is 0.934 bits per heavy atom. The molecule has 3 aliphatic rings. The van der Waals surface area contributed by atoms with E-state index in [1.165, 1.54) is 130 Å². The van der Waals surface area contributed by atoms with Crippen molar-refractivity contribution in [1.29, 1.82) is 0 Å². The summed E-state index contributed by atoms with van der Waals surface area (Å²) in [6.45, 7) is 10.4. The minimum absolute atomic E-state index is 0.118. The van der Waals surface area contributed by atoms with Crippen LogP contribution in [0.15, 0.2) is 97.1 Å². The summed E-state index contributed by atoms with van der Waals surface area (Å²) in [5, 5.41) is 0. The smallest absolute Gasteiger partial charge is 0.199 e. The fraction of sp³-hybridized carbons (Fsp3) is 0.579. The maximum absolute atomic E-state index is 6.28. The zero-order valence-electron chi connectivity index (χ0n) is 38.3. The highest BCUT2D eigenvalue weighted by molar-refractivity contribution is 5.64. The summed E-state index contributed by atoms with van der Waals surface area (Å²) in [4.78, 5) is 0. The highest BCUT2D eigenvalue weighted by Crippen LogP contribution is 2.42. The monoisotopic (exact) mass is 827 g/mol. The Labute approximate surface area is 370 Å². The predicted octanol–water partition coefficient (Wildman–Crippen LogP) is 16.1. The van der Waals surface area contributed by atoms with Gasteiger partial charge in [-0.3, -0.25) is 0 Å². The van der Waals surface area contributed by atoms with Crippen molar-refractivity contribution in [2.24, 2.45) is 23.7 Å². The van der Waals surface area contributed by atoms with Crippen LogP contribution in [0, 0.1) is 23.7 Å². The van der Waals surface area contributed by atoms with E-state index in [1.807, 2.05) is 6.92 Å². The third-order valence-electron chi connectivity index (χ3n) is 14.5. The first-order valence-electron chi connectivity index (χ1n) is 25.0. The molecule has 0 spiro atoms. The Balaban J connectivity index is 1.08. The van der Waals surface area contributed by atoms with Crippen LogP contribution in [0.2, 0.25) is 0 Å². The van der Waals surface area contributed by atoms with Crippen molar-refractivity contribution in [2.75, 3.05) is 13.2 Å². The van der Waals surface area contributed by atoms with Crippen LogP contribution < -0.4 is 9.47 Å². The van der Waals surface area contributed by atoms with E-state index in [1.54, 1.807) is 0 Å². The summed E-state index contributed by atoms with van der Waals surface area (Å²) >= 11 is 0. The minimum Gasteiger partial charge on any atom is -0.465 e. The van der Waals surface area contributed by atoms with E-state index in [4.69, 9.17) is 18.9 Å². The van der Waals surface area contributed by atoms with Crippen LogP contribution in [0.4, 0.5) is 0 Å². The van der Waals surface area contributed by atoms with Gasteiger partial charge in [0.25, 0.3) is 0 Å². The molecule has 4 aromatic rings. The Morgan fingerprint density at radius 1 is 0.492 bits per heavy atom. The lowest BCUT2D eigenvalue weighted by Gasteiger charge is -2.31. The van der Waals surface area contributed by atoms with Crippen LogP contribution in [0.5, 0.6) is 11.5 Å². The van der Waals surface area contributed by atoms with Crippen LogP contribution in [0.1, 0.15) is 184 Å². The summed E-state index contributed by atoms with van der Waals surface area (Å²) < 4.78 is 24.3. The first-order valence-corrected chi connectivity index (χ1v) is 25.0. The van der Waals surface area contributed by atoms with Crippen LogP contribution in [0.3, 0.4) is 0 Å². The van der Waals surface area contributed by atoms with E-state index in [0.29, 0.717) is 18.4 Å². The summed E-state index contributed by atoms with van der Waals surface area (Å²) in [6.07, 6.45) is 23.7. The van der Waals surface area contributed by atoms with Gasteiger partial charge in [-0.1, -0.05) is 177 Å². The zero-order chi connectivity index (χ0) is 42.2. The topological polar surface area (TPSA) is 36.9 Å². The molecule has 1 saturated heterocycles. The molecule has 4 atom stereocenters. The predicted molar refractivity (Wildman–Crippen MR) is 254 cm³/mol. The van der Waals surface area contributed by atoms with Gasteiger partial charge in [-0.25, -0.2) is 0 Å². The molecule has 0 N–H and O–H groups in total. The van der Waals surface area contributed by atoms with Crippen LogP contribution in [0.25, 0.3) is 11.1 Å². The molecule has 4 nitrogen and oxygen atoms in total. The molecule has 3 fully saturated rings. The molecule has 0 aromatic heterocycles. The maximum atomic E-state index is 6.28. The molecule has 330 valence electrons. The van der Waals surface area contributed by atoms with E-state index in [-0.39, 0.29) is 12.6 Å². The van der Waals surface area contributed by atoms with Gasteiger partial charge < -0.3 is 18.9 Å². The number of hydrogen-bond acceptors (Lipinski definition) is 4. The first-order chi connectivity index (χ1) is 30.0. The third kappa shape index (κ3) is 13.2. The van der Waals surface area contributed by atoms with Gasteiger partial charge in [0.2, 0.25) is 0 Å². The van der Waals surface area contributed by atoms with Gasteiger partial charge in [-0.15, -0.1) is 0 Å². The fourth-order valence-electron chi connectivity index (χ4n) is 11.0. The van der Waals surface area contributed by atoms with Gasteiger partial charge in [0.15, 0.2) is 12.6 Å². The van der Waals surface area contributed by atoms with Crippen molar-refractivity contribution >= 4 is 0 Å². The van der Waals surface area contributed by atoms with E-state index >= 15 is 0 Å². The highest BCUT2D eigenvalue weighted by Gasteiger charge is 2.27. The largest absolute Gasteiger partial charge is 0.465 e. The zero-order valence-corrected chi connectivity index (χ0v) is 38.3. The van der Waals surface area contributed by atoms with Crippen LogP contribution in [-0.2, 0) is 9.47 Å². The van der Waals surface area contributed by atoms with E-state index < -0.39 is 0 Å². The second-order valence-corrected chi connectivity index (χ2v) is 19.0. The molecule has 1 aliphatic heterocycles. The van der Waals surface area contributed by atoms with Crippen molar-refractivity contribution in [3.05, 3.63) is 119 Å². The molecule has 4 unspecified atom stereocenters. The van der Waals surface area contributed by atoms with E-state index in [2.05, 4.69) is 118 Å². The van der Waals surface area contributed by atoms with Gasteiger partial charge in [0.1, 0.15) is 11.5 Å². The van der Waals surface area contributed by atoms with Crippen molar-refractivity contribution in [1.82, 2.24) is 0 Å². The SMILES string of the molecule is CCCC1CCC(CC(c2ccc(OC(CCC)OCC)cc2)c2ccc(-c3ccc(C(CC4CCC(CCC)CC4)c4ccc(OC5CCCCO5)cc4)cc3)cc2)CC1. The summed E-state index contributed by atoms with van der Waals surface area (Å²) in [5.74, 6) is 5.93. The third-order valence-corrected chi connectivity index (χ3v) is 14.5. The van der Waals surface area contributed by atoms with E-state index in [0.717, 1.165) is 67.5 Å². The lowest BCUT2D eigenvalue weighted by molar-refractivity contribution is -0.105. The van der Waals surface area contributed by atoms with Gasteiger partial charge in [-0.05, 0) is 114 Å². The molecule has 4 aromatic carbocycles. The number of ether oxygens (including phenoxy) is 4. The van der Waals surface area contributed by atoms with Crippen molar-refractivity contribution < 1.29 is 18.9 Å². The Kier molecular flexibility index (Phi) is 17.7. The average Bonchev–Trinajstić information content (AvgIpc) is 3.30. The normalized spacial score (nSPS) is 23.5. The highest BCUT2D eigenvalue weighted by atomic mass is 16.7. The van der Waals surface area contributed by atoms with Gasteiger partial charge in [-0.2, -0.15) is 0 Å². The summed E-state index contributed by atoms with van der Waals surface area (Å²) in [7, 11) is 0. The number of rotatable bonds is 21. The van der Waals surface area contributed by atoms with Crippen molar-refractivity contribution in [3.8, 4) is 22.6 Å². The van der Waals surface area contributed by atoms with Gasteiger partial charge in [0, 0.05) is 31.3 Å². The molecule has 0 bridgehead atoms. The molecular formula is C57H78O4. The molecule has 1 heterocycles. The molecule has 0 amide bonds. The minimum atomic E-state index is -0.189. The van der Waals surface area contributed by atoms with E-state index in [9.17, 15) is 0 Å². The maximum Gasteiger partial charge on any atom is 0.199 e. The Morgan fingerprint density at radius 3 is 1.34 bits per heavy atom. The lowest BCUT2D eigenvalue weighted by atomic mass is 9.74. The molecule has 2 aliphatic carbocycles. The molecule has 2 saturated carbocycles. The number of benzene rings is 4. The Bertz CT molecular complexity index is 1790. The van der Waals surface area contributed by atoms with Crippen LogP contribution >= 0.6 is 0 Å². The fourth-order valence-corrected chi connectivity index (χ4v) is 11.0. The first kappa shape index (κ1) is 45.4. The second kappa shape index (κ2) is 23.7. The summed E-state index contributed by atoms with van der Waals surface area (Å²) in [6, 6.07) is 37.0. The number of hydrogen-bond donors (Lipinski definition) is 0. The Hall–Kier alpha value is -3.60. The molecular weight excluding hydrogens is 749 g/mol. The standard InChI is InChI=1S/C57H78O4/c1-5-11-42-15-19-44(20-16-42)40-54(50-31-35-52(36-32-50)60-56(13-7-3)58-8-4)48-27-23-46(24-28-48)47-25-29-49(30-26-47)55(41-45-21-17-43(12-6-2)18-22-45)51-33-37-53(38-34-51)61-57-14-9-10-39-59-57/h23-38,42-45,54-57H,5-22,39-41H2,1-4H3. The summed E-state index contributed by atoms with van der Waals surface area (Å²) in [5.41, 5.74) is 8.18. The lowest BCUT2D eigenvalue weighted by Crippen LogP contribution is -2.24. The second-order valence-electron chi connectivity index (χ2n) is 19.0. The molecule has 0 radical (unpaired) electrons. The average molecular weight is 827 g/mol. The van der Waals surface area contributed by atoms with Gasteiger partial charge >= 0.3 is 0 Å².